The average molecular weight is 457 g/mol. The maximum atomic E-state index is 12.9. The number of ether oxygens (including phenoxy) is 1. The third kappa shape index (κ3) is 4.19. The van der Waals surface area contributed by atoms with E-state index < -0.39 is 11.5 Å². The van der Waals surface area contributed by atoms with E-state index in [1.54, 1.807) is 36.4 Å². The molecule has 150 valence electrons. The summed E-state index contributed by atoms with van der Waals surface area (Å²) in [7, 11) is 0. The Morgan fingerprint density at radius 3 is 2.45 bits per heavy atom. The number of benzene rings is 2. The third-order valence-electron chi connectivity index (χ3n) is 5.58. The van der Waals surface area contributed by atoms with E-state index in [0.29, 0.717) is 16.9 Å². The smallest absolute Gasteiger partial charge is 0.307 e. The number of esters is 1. The molecule has 1 heterocycles. The van der Waals surface area contributed by atoms with E-state index in [2.05, 4.69) is 26.6 Å². The van der Waals surface area contributed by atoms with Crippen molar-refractivity contribution in [2.45, 2.75) is 37.7 Å². The van der Waals surface area contributed by atoms with Crippen LogP contribution in [0.15, 0.2) is 53.0 Å². The minimum absolute atomic E-state index is 0.107. The fraction of sp³-hybridized carbons (Fsp3) is 0.318. The van der Waals surface area contributed by atoms with Crippen LogP contribution in [0.5, 0.6) is 0 Å². The number of halogens is 1. The molecule has 2 amide bonds. The first-order valence-corrected chi connectivity index (χ1v) is 10.4. The second-order valence-electron chi connectivity index (χ2n) is 7.53. The van der Waals surface area contributed by atoms with Crippen LogP contribution in [-0.4, -0.2) is 23.4 Å². The van der Waals surface area contributed by atoms with E-state index in [1.165, 1.54) is 0 Å². The highest BCUT2D eigenvalue weighted by Crippen LogP contribution is 2.45. The maximum absolute atomic E-state index is 12.9. The predicted molar refractivity (Wildman–Crippen MR) is 113 cm³/mol. The van der Waals surface area contributed by atoms with Crippen molar-refractivity contribution >= 4 is 45.1 Å². The van der Waals surface area contributed by atoms with Gasteiger partial charge < -0.3 is 15.4 Å². The molecule has 2 fully saturated rings. The summed E-state index contributed by atoms with van der Waals surface area (Å²) in [5.41, 5.74) is 0.973. The first kappa shape index (κ1) is 19.6. The largest absolute Gasteiger partial charge is 0.458 e. The highest BCUT2D eigenvalue weighted by Gasteiger charge is 2.53. The quantitative estimate of drug-likeness (QED) is 0.662. The topological polar surface area (TPSA) is 84.5 Å². The number of nitrogens with one attached hydrogen (secondary N) is 2. The fourth-order valence-corrected chi connectivity index (χ4v) is 4.42. The normalized spacial score (nSPS) is 19.8. The lowest BCUT2D eigenvalue weighted by atomic mass is 9.85. The zero-order valence-electron chi connectivity index (χ0n) is 15.7. The molecule has 1 saturated heterocycles. The van der Waals surface area contributed by atoms with Gasteiger partial charge >= 0.3 is 5.97 Å². The van der Waals surface area contributed by atoms with Gasteiger partial charge in [0.15, 0.2) is 0 Å². The summed E-state index contributed by atoms with van der Waals surface area (Å²) >= 11 is 3.36. The molecule has 2 aromatic rings. The summed E-state index contributed by atoms with van der Waals surface area (Å²) in [5, 5.41) is 5.69. The van der Waals surface area contributed by atoms with E-state index >= 15 is 0 Å². The van der Waals surface area contributed by atoms with Crippen LogP contribution in [0.1, 0.15) is 42.5 Å². The maximum Gasteiger partial charge on any atom is 0.307 e. The van der Waals surface area contributed by atoms with E-state index in [0.717, 1.165) is 30.2 Å². The predicted octanol–water partition coefficient (Wildman–Crippen LogP) is 4.52. The van der Waals surface area contributed by atoms with Gasteiger partial charge in [-0.2, -0.15) is 0 Å². The number of rotatable bonds is 4. The van der Waals surface area contributed by atoms with Gasteiger partial charge in [-0.05, 0) is 68.1 Å². The molecule has 2 N–H and O–H groups in total. The summed E-state index contributed by atoms with van der Waals surface area (Å²) < 4.78 is 6.48. The van der Waals surface area contributed by atoms with Crippen LogP contribution in [-0.2, 0) is 14.3 Å². The molecule has 0 bridgehead atoms. The number of hydrogen-bond acceptors (Lipinski definition) is 4. The molecular formula is C22H21BrN2O4. The molecule has 4 rings (SSSR count). The minimum atomic E-state index is -0.655. The molecule has 1 saturated carbocycles. The van der Waals surface area contributed by atoms with Crippen molar-refractivity contribution in [3.63, 3.8) is 0 Å². The average Bonchev–Trinajstić information content (AvgIpc) is 3.30. The van der Waals surface area contributed by atoms with E-state index in [-0.39, 0.29) is 24.2 Å². The van der Waals surface area contributed by atoms with Gasteiger partial charge in [-0.15, -0.1) is 0 Å². The molecular weight excluding hydrogens is 436 g/mol. The van der Waals surface area contributed by atoms with Crippen LogP contribution in [0.3, 0.4) is 0 Å². The van der Waals surface area contributed by atoms with Crippen LogP contribution in [0.25, 0.3) is 0 Å². The van der Waals surface area contributed by atoms with Gasteiger partial charge in [0.2, 0.25) is 5.91 Å². The Labute approximate surface area is 177 Å². The second kappa shape index (κ2) is 7.99. The molecule has 2 aliphatic rings. The zero-order valence-corrected chi connectivity index (χ0v) is 17.3. The molecule has 1 atom stereocenters. The summed E-state index contributed by atoms with van der Waals surface area (Å²) in [6, 6.07) is 14.0. The zero-order chi connectivity index (χ0) is 20.4. The molecule has 0 unspecified atom stereocenters. The van der Waals surface area contributed by atoms with Crippen molar-refractivity contribution in [2.24, 2.45) is 5.92 Å². The molecule has 6 nitrogen and oxygen atoms in total. The lowest BCUT2D eigenvalue weighted by molar-refractivity contribution is -0.149. The van der Waals surface area contributed by atoms with Gasteiger partial charge in [0, 0.05) is 21.4 Å². The molecule has 2 aromatic carbocycles. The Morgan fingerprint density at radius 2 is 1.72 bits per heavy atom. The van der Waals surface area contributed by atoms with Crippen molar-refractivity contribution in [3.8, 4) is 0 Å². The van der Waals surface area contributed by atoms with Crippen LogP contribution >= 0.6 is 15.9 Å². The Balaban J connectivity index is 1.46. The lowest BCUT2D eigenvalue weighted by Gasteiger charge is -2.27. The highest BCUT2D eigenvalue weighted by molar-refractivity contribution is 9.10. The molecule has 0 aromatic heterocycles. The standard InChI is InChI=1S/C22H21BrN2O4/c23-15-6-8-16(9-7-15)24-20(27)14-4-3-5-17(12-14)25-21(28)18-13-19(26)29-22(18)10-1-2-11-22/h3-9,12,18H,1-2,10-11,13H2,(H,24,27)(H,25,28)/t18-/m0/s1. The van der Waals surface area contributed by atoms with Gasteiger partial charge in [-0.25, -0.2) is 0 Å². The highest BCUT2D eigenvalue weighted by atomic mass is 79.9. The molecule has 29 heavy (non-hydrogen) atoms. The van der Waals surface area contributed by atoms with Crippen molar-refractivity contribution in [3.05, 3.63) is 58.6 Å². The van der Waals surface area contributed by atoms with Gasteiger partial charge in [0.1, 0.15) is 5.60 Å². The number of amides is 2. The molecule has 1 spiro atoms. The fourth-order valence-electron chi connectivity index (χ4n) is 4.15. The van der Waals surface area contributed by atoms with Gasteiger partial charge in [-0.3, -0.25) is 14.4 Å². The Morgan fingerprint density at radius 1 is 1.00 bits per heavy atom. The van der Waals surface area contributed by atoms with Crippen molar-refractivity contribution in [1.82, 2.24) is 0 Å². The number of anilines is 2. The van der Waals surface area contributed by atoms with E-state index in [4.69, 9.17) is 4.74 Å². The second-order valence-corrected chi connectivity index (χ2v) is 8.45. The monoisotopic (exact) mass is 456 g/mol. The number of carbonyl (C=O) groups is 3. The lowest BCUT2D eigenvalue weighted by Crippen LogP contribution is -2.39. The number of carbonyl (C=O) groups excluding carboxylic acids is 3. The first-order chi connectivity index (χ1) is 13.9. The minimum Gasteiger partial charge on any atom is -0.458 e. The van der Waals surface area contributed by atoms with E-state index in [9.17, 15) is 14.4 Å². The summed E-state index contributed by atoms with van der Waals surface area (Å²) in [6.07, 6.45) is 3.49. The van der Waals surface area contributed by atoms with Crippen molar-refractivity contribution in [1.29, 1.82) is 0 Å². The molecule has 1 aliphatic carbocycles. The van der Waals surface area contributed by atoms with Crippen molar-refractivity contribution < 1.29 is 19.1 Å². The Bertz CT molecular complexity index is 952. The summed E-state index contributed by atoms with van der Waals surface area (Å²) in [6.45, 7) is 0. The first-order valence-electron chi connectivity index (χ1n) is 9.65. The summed E-state index contributed by atoms with van der Waals surface area (Å²) in [5.74, 6) is -1.30. The van der Waals surface area contributed by atoms with Gasteiger partial charge in [-0.1, -0.05) is 22.0 Å². The van der Waals surface area contributed by atoms with Gasteiger partial charge in [0.25, 0.3) is 5.91 Å². The van der Waals surface area contributed by atoms with Crippen LogP contribution in [0, 0.1) is 5.92 Å². The van der Waals surface area contributed by atoms with Crippen LogP contribution in [0.4, 0.5) is 11.4 Å². The Hall–Kier alpha value is -2.67. The molecule has 1 aliphatic heterocycles. The van der Waals surface area contributed by atoms with E-state index in [1.807, 2.05) is 12.1 Å². The van der Waals surface area contributed by atoms with Gasteiger partial charge in [0.05, 0.1) is 12.3 Å². The Kier molecular flexibility index (Phi) is 5.41. The third-order valence-corrected chi connectivity index (χ3v) is 6.11. The molecule has 0 radical (unpaired) electrons. The SMILES string of the molecule is O=C1C[C@@H](C(=O)Nc2cccc(C(=O)Nc3ccc(Br)cc3)c2)C2(CCCC2)O1. The molecule has 7 heteroatoms. The van der Waals surface area contributed by atoms with Crippen LogP contribution < -0.4 is 10.6 Å². The van der Waals surface area contributed by atoms with Crippen LogP contribution in [0.2, 0.25) is 0 Å². The van der Waals surface area contributed by atoms with Crippen molar-refractivity contribution in [2.75, 3.05) is 10.6 Å². The summed E-state index contributed by atoms with van der Waals surface area (Å²) in [4.78, 5) is 37.3. The number of hydrogen-bond donors (Lipinski definition) is 2.